The lowest BCUT2D eigenvalue weighted by molar-refractivity contribution is 0.0476. The van der Waals surface area contributed by atoms with Gasteiger partial charge in [0.15, 0.2) is 12.4 Å². The second-order valence-corrected chi connectivity index (χ2v) is 7.23. The summed E-state index contributed by atoms with van der Waals surface area (Å²) in [5.41, 5.74) is 3.82. The van der Waals surface area contributed by atoms with Crippen LogP contribution in [0, 0.1) is 13.8 Å². The number of ether oxygens (including phenoxy) is 1. The fourth-order valence-electron chi connectivity index (χ4n) is 3.67. The van der Waals surface area contributed by atoms with Crippen molar-refractivity contribution >= 4 is 22.7 Å². The van der Waals surface area contributed by atoms with Crippen molar-refractivity contribution in [2.75, 3.05) is 6.61 Å². The number of benzene rings is 1. The van der Waals surface area contributed by atoms with Crippen LogP contribution in [0.15, 0.2) is 71.9 Å². The quantitative estimate of drug-likeness (QED) is 0.238. The van der Waals surface area contributed by atoms with Gasteiger partial charge in [0.25, 0.3) is 0 Å². The molecule has 0 atom stereocenters. The highest BCUT2D eigenvalue weighted by molar-refractivity contribution is 6.06. The first kappa shape index (κ1) is 20.3. The molecule has 31 heavy (non-hydrogen) atoms. The van der Waals surface area contributed by atoms with E-state index >= 15 is 0 Å². The molecule has 3 heterocycles. The highest BCUT2D eigenvalue weighted by Gasteiger charge is 2.20. The number of aryl methyl sites for hydroxylation is 1. The Kier molecular flexibility index (Phi) is 5.54. The van der Waals surface area contributed by atoms with Crippen molar-refractivity contribution in [1.29, 1.82) is 0 Å². The molecule has 4 aromatic rings. The van der Waals surface area contributed by atoms with E-state index in [9.17, 15) is 9.59 Å². The summed E-state index contributed by atoms with van der Waals surface area (Å²) in [6.45, 7) is 7.82. The van der Waals surface area contributed by atoms with Crippen molar-refractivity contribution in [3.8, 4) is 11.5 Å². The Morgan fingerprint density at radius 3 is 2.68 bits per heavy atom. The summed E-state index contributed by atoms with van der Waals surface area (Å²) in [4.78, 5) is 30.2. The van der Waals surface area contributed by atoms with Gasteiger partial charge in [-0.05, 0) is 44.2 Å². The summed E-state index contributed by atoms with van der Waals surface area (Å²) in [7, 11) is 0. The number of hydrogen-bond acceptors (Lipinski definition) is 5. The van der Waals surface area contributed by atoms with Crippen LogP contribution in [0.25, 0.3) is 22.4 Å². The van der Waals surface area contributed by atoms with Crippen LogP contribution in [0.1, 0.15) is 32.1 Å². The number of carbonyl (C=O) groups excluding carboxylic acids is 2. The van der Waals surface area contributed by atoms with Gasteiger partial charge in [-0.2, -0.15) is 0 Å². The number of esters is 1. The maximum absolute atomic E-state index is 12.9. The number of para-hydroxylation sites is 1. The Balaban J connectivity index is 1.60. The zero-order valence-electron chi connectivity index (χ0n) is 17.4. The van der Waals surface area contributed by atoms with Gasteiger partial charge in [0.1, 0.15) is 5.69 Å². The van der Waals surface area contributed by atoms with E-state index in [1.54, 1.807) is 36.6 Å². The average molecular weight is 414 g/mol. The zero-order chi connectivity index (χ0) is 22.0. The Morgan fingerprint density at radius 1 is 1.13 bits per heavy atom. The number of ketones is 1. The van der Waals surface area contributed by atoms with Crippen molar-refractivity contribution in [2.45, 2.75) is 20.4 Å². The predicted octanol–water partition coefficient (Wildman–Crippen LogP) is 5.14. The molecule has 0 fully saturated rings. The molecule has 4 rings (SSSR count). The fourth-order valence-corrected chi connectivity index (χ4v) is 3.67. The number of carbonyl (C=O) groups is 2. The van der Waals surface area contributed by atoms with E-state index in [1.165, 1.54) is 0 Å². The standard InChI is InChI=1S/C25H22N2O4/c1-4-11-27-16(2)13-19(17(27)3)23(28)15-31-25(29)20-14-22(24-10-7-12-30-24)26-21-9-6-5-8-18(20)21/h4-10,12-14H,1,11,15H2,2-3H3. The first-order valence-electron chi connectivity index (χ1n) is 9.91. The Morgan fingerprint density at radius 2 is 1.94 bits per heavy atom. The monoisotopic (exact) mass is 414 g/mol. The zero-order valence-corrected chi connectivity index (χ0v) is 17.4. The third kappa shape index (κ3) is 3.92. The topological polar surface area (TPSA) is 74.3 Å². The van der Waals surface area contributed by atoms with E-state index in [0.29, 0.717) is 40.0 Å². The predicted molar refractivity (Wildman–Crippen MR) is 118 cm³/mol. The van der Waals surface area contributed by atoms with E-state index in [0.717, 1.165) is 11.4 Å². The molecule has 6 heteroatoms. The van der Waals surface area contributed by atoms with Crippen molar-refractivity contribution in [3.63, 3.8) is 0 Å². The van der Waals surface area contributed by atoms with E-state index < -0.39 is 5.97 Å². The molecule has 0 unspecified atom stereocenters. The SMILES string of the molecule is C=CCn1c(C)cc(C(=O)COC(=O)c2cc(-c3ccco3)nc3ccccc23)c1C. The van der Waals surface area contributed by atoms with Gasteiger partial charge in [-0.25, -0.2) is 9.78 Å². The molecule has 0 saturated heterocycles. The summed E-state index contributed by atoms with van der Waals surface area (Å²) in [6, 6.07) is 14.3. The number of pyridine rings is 1. The minimum absolute atomic E-state index is 0.249. The first-order chi connectivity index (χ1) is 15.0. The molecule has 0 spiro atoms. The van der Waals surface area contributed by atoms with Gasteiger partial charge in [0, 0.05) is 28.9 Å². The van der Waals surface area contributed by atoms with Gasteiger partial charge in [-0.1, -0.05) is 24.3 Å². The first-order valence-corrected chi connectivity index (χ1v) is 9.91. The Hall–Kier alpha value is -3.93. The van der Waals surface area contributed by atoms with E-state index in [1.807, 2.05) is 42.7 Å². The van der Waals surface area contributed by atoms with Gasteiger partial charge < -0.3 is 13.7 Å². The largest absolute Gasteiger partial charge is 0.463 e. The van der Waals surface area contributed by atoms with Crippen molar-refractivity contribution in [3.05, 3.63) is 90.0 Å². The number of fused-ring (bicyclic) bond motifs is 1. The molecule has 0 aliphatic rings. The summed E-state index contributed by atoms with van der Waals surface area (Å²) in [5.74, 6) is -0.286. The second kappa shape index (κ2) is 8.44. The van der Waals surface area contributed by atoms with Crippen LogP contribution >= 0.6 is 0 Å². The van der Waals surface area contributed by atoms with Crippen molar-refractivity contribution < 1.29 is 18.7 Å². The number of hydrogen-bond donors (Lipinski definition) is 0. The van der Waals surface area contributed by atoms with Crippen LogP contribution in [0.2, 0.25) is 0 Å². The molecule has 156 valence electrons. The van der Waals surface area contributed by atoms with Gasteiger partial charge in [0.05, 0.1) is 17.3 Å². The molecular weight excluding hydrogens is 392 g/mol. The summed E-state index contributed by atoms with van der Waals surface area (Å²) >= 11 is 0. The molecule has 6 nitrogen and oxygen atoms in total. The lowest BCUT2D eigenvalue weighted by Gasteiger charge is -2.09. The molecule has 0 bridgehead atoms. The van der Waals surface area contributed by atoms with E-state index in [2.05, 4.69) is 11.6 Å². The van der Waals surface area contributed by atoms with Gasteiger partial charge in [-0.15, -0.1) is 6.58 Å². The Labute approximate surface area is 179 Å². The number of aromatic nitrogens is 2. The molecule has 0 radical (unpaired) electrons. The molecule has 0 aliphatic heterocycles. The summed E-state index contributed by atoms with van der Waals surface area (Å²) < 4.78 is 12.8. The van der Waals surface area contributed by atoms with E-state index in [4.69, 9.17) is 9.15 Å². The molecule has 0 saturated carbocycles. The van der Waals surface area contributed by atoms with Gasteiger partial charge in [0.2, 0.25) is 5.78 Å². The van der Waals surface area contributed by atoms with Gasteiger partial charge >= 0.3 is 5.97 Å². The smallest absolute Gasteiger partial charge is 0.339 e. The minimum atomic E-state index is -0.584. The summed E-state index contributed by atoms with van der Waals surface area (Å²) in [5, 5.41) is 0.652. The molecular formula is C25H22N2O4. The third-order valence-corrected chi connectivity index (χ3v) is 5.23. The molecule has 3 aromatic heterocycles. The molecule has 0 aliphatic carbocycles. The summed E-state index contributed by atoms with van der Waals surface area (Å²) in [6.07, 6.45) is 3.32. The van der Waals surface area contributed by atoms with E-state index in [-0.39, 0.29) is 12.4 Å². The lowest BCUT2D eigenvalue weighted by atomic mass is 10.1. The highest BCUT2D eigenvalue weighted by atomic mass is 16.5. The fraction of sp³-hybridized carbons (Fsp3) is 0.160. The second-order valence-electron chi connectivity index (χ2n) is 7.23. The number of rotatable bonds is 7. The maximum Gasteiger partial charge on any atom is 0.339 e. The Bertz CT molecular complexity index is 1280. The van der Waals surface area contributed by atoms with Crippen LogP contribution in [-0.2, 0) is 11.3 Å². The van der Waals surface area contributed by atoms with Crippen LogP contribution in [0.3, 0.4) is 0 Å². The molecule has 0 N–H and O–H groups in total. The van der Waals surface area contributed by atoms with Gasteiger partial charge in [-0.3, -0.25) is 4.79 Å². The van der Waals surface area contributed by atoms with Crippen LogP contribution in [0.5, 0.6) is 0 Å². The van der Waals surface area contributed by atoms with Crippen LogP contribution in [0.4, 0.5) is 0 Å². The third-order valence-electron chi connectivity index (χ3n) is 5.23. The van der Waals surface area contributed by atoms with Crippen LogP contribution < -0.4 is 0 Å². The maximum atomic E-state index is 12.9. The van der Waals surface area contributed by atoms with Crippen LogP contribution in [-0.4, -0.2) is 27.9 Å². The van der Waals surface area contributed by atoms with Crippen molar-refractivity contribution in [1.82, 2.24) is 9.55 Å². The average Bonchev–Trinajstić information content (AvgIpc) is 3.41. The van der Waals surface area contributed by atoms with Crippen molar-refractivity contribution in [2.24, 2.45) is 0 Å². The lowest BCUT2D eigenvalue weighted by Crippen LogP contribution is -2.15. The molecule has 0 amide bonds. The minimum Gasteiger partial charge on any atom is -0.463 e. The number of furan rings is 1. The highest BCUT2D eigenvalue weighted by Crippen LogP contribution is 2.26. The number of nitrogens with zero attached hydrogens (tertiary/aromatic N) is 2. The number of allylic oxidation sites excluding steroid dienone is 1. The molecule has 1 aromatic carbocycles. The number of Topliss-reactive ketones (excluding diaryl/α,β-unsaturated/α-hetero) is 1. The normalized spacial score (nSPS) is 10.9.